The van der Waals surface area contributed by atoms with Crippen LogP contribution in [-0.4, -0.2) is 11.1 Å². The van der Waals surface area contributed by atoms with Gasteiger partial charge in [0.1, 0.15) is 11.4 Å². The molecule has 0 saturated carbocycles. The molecule has 2 aromatic carbocycles. The quantitative estimate of drug-likeness (QED) is 0.876. The van der Waals surface area contributed by atoms with Crippen LogP contribution in [0.4, 0.5) is 10.1 Å². The molecule has 0 aliphatic carbocycles. The highest BCUT2D eigenvalue weighted by Crippen LogP contribution is 2.35. The molecule has 1 aliphatic heterocycles. The largest absolute Gasteiger partial charge is 0.383 e. The average molecular weight is 271 g/mol. The van der Waals surface area contributed by atoms with Gasteiger partial charge in [-0.25, -0.2) is 4.39 Å². The third-order valence-corrected chi connectivity index (χ3v) is 4.15. The number of hydrogen-bond acceptors (Lipinski definition) is 2. The highest BCUT2D eigenvalue weighted by molar-refractivity contribution is 5.54. The maximum atomic E-state index is 13.9. The van der Waals surface area contributed by atoms with Crippen LogP contribution in [0.2, 0.25) is 0 Å². The number of anilines is 1. The second-order valence-electron chi connectivity index (χ2n) is 5.52. The fourth-order valence-electron chi connectivity index (χ4n) is 2.92. The minimum absolute atomic E-state index is 0.200. The lowest BCUT2D eigenvalue weighted by Gasteiger charge is -2.38. The fraction of sp³-hybridized carbons (Fsp3) is 0.294. The lowest BCUT2D eigenvalue weighted by Crippen LogP contribution is -2.44. The molecule has 2 aromatic rings. The van der Waals surface area contributed by atoms with Gasteiger partial charge in [-0.2, -0.15) is 0 Å². The first kappa shape index (κ1) is 13.1. The van der Waals surface area contributed by atoms with Gasteiger partial charge in [0.25, 0.3) is 0 Å². The minimum atomic E-state index is -1.24. The third kappa shape index (κ3) is 2.18. The molecular formula is C17H18FNO. The van der Waals surface area contributed by atoms with E-state index in [9.17, 15) is 9.50 Å². The molecule has 2 atom stereocenters. The standard InChI is InChI=1S/C17H18FNO/c1-17(20,13-7-3-4-8-14(13)18)16-11-10-12-6-2-5-9-15(12)19-16/h2-9,16,19-20H,10-11H2,1H3. The van der Waals surface area contributed by atoms with E-state index < -0.39 is 5.60 Å². The SMILES string of the molecule is CC(O)(c1ccccc1F)C1CCc2ccccc2N1. The zero-order valence-electron chi connectivity index (χ0n) is 11.4. The van der Waals surface area contributed by atoms with Crippen LogP contribution in [0.1, 0.15) is 24.5 Å². The van der Waals surface area contributed by atoms with Gasteiger partial charge in [0.15, 0.2) is 0 Å². The van der Waals surface area contributed by atoms with Gasteiger partial charge < -0.3 is 10.4 Å². The van der Waals surface area contributed by atoms with Crippen molar-refractivity contribution in [3.05, 3.63) is 65.5 Å². The second-order valence-corrected chi connectivity index (χ2v) is 5.52. The summed E-state index contributed by atoms with van der Waals surface area (Å²) in [4.78, 5) is 0. The first-order valence-electron chi connectivity index (χ1n) is 6.91. The summed E-state index contributed by atoms with van der Waals surface area (Å²) in [6, 6.07) is 14.3. The topological polar surface area (TPSA) is 32.3 Å². The molecule has 1 heterocycles. The average Bonchev–Trinajstić information content (AvgIpc) is 2.47. The highest BCUT2D eigenvalue weighted by atomic mass is 19.1. The van der Waals surface area contributed by atoms with E-state index in [1.54, 1.807) is 25.1 Å². The molecule has 0 fully saturated rings. The van der Waals surface area contributed by atoms with Gasteiger partial charge in [-0.3, -0.25) is 0 Å². The van der Waals surface area contributed by atoms with E-state index >= 15 is 0 Å². The number of rotatable bonds is 2. The molecule has 20 heavy (non-hydrogen) atoms. The van der Waals surface area contributed by atoms with Gasteiger partial charge >= 0.3 is 0 Å². The number of fused-ring (bicyclic) bond motifs is 1. The number of aryl methyl sites for hydroxylation is 1. The zero-order valence-corrected chi connectivity index (χ0v) is 11.4. The second kappa shape index (κ2) is 4.91. The lowest BCUT2D eigenvalue weighted by atomic mass is 9.82. The molecule has 104 valence electrons. The van der Waals surface area contributed by atoms with Crippen molar-refractivity contribution in [2.75, 3.05) is 5.32 Å². The molecule has 0 saturated heterocycles. The number of hydrogen-bond donors (Lipinski definition) is 2. The Hall–Kier alpha value is -1.87. The van der Waals surface area contributed by atoms with Crippen LogP contribution in [0.5, 0.6) is 0 Å². The number of halogens is 1. The van der Waals surface area contributed by atoms with Crippen molar-refractivity contribution in [1.29, 1.82) is 0 Å². The van der Waals surface area contributed by atoms with Crippen molar-refractivity contribution in [2.45, 2.75) is 31.4 Å². The fourth-order valence-corrected chi connectivity index (χ4v) is 2.92. The van der Waals surface area contributed by atoms with Crippen LogP contribution in [0, 0.1) is 5.82 Å². The summed E-state index contributed by atoms with van der Waals surface area (Å²) >= 11 is 0. The Morgan fingerprint density at radius 1 is 1.15 bits per heavy atom. The number of para-hydroxylation sites is 1. The van der Waals surface area contributed by atoms with Crippen LogP contribution >= 0.6 is 0 Å². The third-order valence-electron chi connectivity index (χ3n) is 4.15. The normalized spacial score (nSPS) is 20.6. The van der Waals surface area contributed by atoms with Crippen molar-refractivity contribution >= 4 is 5.69 Å². The van der Waals surface area contributed by atoms with E-state index in [-0.39, 0.29) is 11.9 Å². The summed E-state index contributed by atoms with van der Waals surface area (Å²) in [5.74, 6) is -0.363. The summed E-state index contributed by atoms with van der Waals surface area (Å²) in [5.41, 5.74) is 1.38. The van der Waals surface area contributed by atoms with Gasteiger partial charge in [-0.05, 0) is 37.5 Å². The molecule has 2 unspecified atom stereocenters. The Kier molecular flexibility index (Phi) is 3.22. The lowest BCUT2D eigenvalue weighted by molar-refractivity contribution is 0.0288. The molecule has 0 bridgehead atoms. The van der Waals surface area contributed by atoms with Gasteiger partial charge in [0.2, 0.25) is 0 Å². The van der Waals surface area contributed by atoms with Gasteiger partial charge in [-0.1, -0.05) is 36.4 Å². The molecule has 3 rings (SSSR count). The van der Waals surface area contributed by atoms with E-state index in [0.29, 0.717) is 5.56 Å². The Morgan fingerprint density at radius 2 is 1.85 bits per heavy atom. The van der Waals surface area contributed by atoms with Crippen LogP contribution in [0.15, 0.2) is 48.5 Å². The number of benzene rings is 2. The molecular weight excluding hydrogens is 253 g/mol. The van der Waals surface area contributed by atoms with Crippen LogP contribution in [-0.2, 0) is 12.0 Å². The summed E-state index contributed by atoms with van der Waals surface area (Å²) in [6.45, 7) is 1.68. The van der Waals surface area contributed by atoms with E-state index in [2.05, 4.69) is 11.4 Å². The molecule has 0 radical (unpaired) electrons. The summed E-state index contributed by atoms with van der Waals surface area (Å²) in [6.07, 6.45) is 1.66. The molecule has 1 aliphatic rings. The molecule has 0 spiro atoms. The number of nitrogens with one attached hydrogen (secondary N) is 1. The summed E-state index contributed by atoms with van der Waals surface area (Å²) < 4.78 is 13.9. The monoisotopic (exact) mass is 271 g/mol. The van der Waals surface area contributed by atoms with E-state index in [1.165, 1.54) is 11.6 Å². The van der Waals surface area contributed by atoms with E-state index in [4.69, 9.17) is 0 Å². The Balaban J connectivity index is 1.92. The highest BCUT2D eigenvalue weighted by Gasteiger charge is 2.37. The van der Waals surface area contributed by atoms with Crippen LogP contribution < -0.4 is 5.32 Å². The Morgan fingerprint density at radius 3 is 2.65 bits per heavy atom. The van der Waals surface area contributed by atoms with E-state index in [0.717, 1.165) is 18.5 Å². The van der Waals surface area contributed by atoms with Crippen molar-refractivity contribution in [2.24, 2.45) is 0 Å². The zero-order chi connectivity index (χ0) is 14.2. The van der Waals surface area contributed by atoms with E-state index in [1.807, 2.05) is 18.2 Å². The maximum Gasteiger partial charge on any atom is 0.129 e. The summed E-state index contributed by atoms with van der Waals surface area (Å²) in [5, 5.41) is 14.2. The molecule has 0 amide bonds. The van der Waals surface area contributed by atoms with Crippen LogP contribution in [0.3, 0.4) is 0 Å². The summed E-state index contributed by atoms with van der Waals surface area (Å²) in [7, 11) is 0. The molecule has 3 heteroatoms. The maximum absolute atomic E-state index is 13.9. The van der Waals surface area contributed by atoms with Crippen molar-refractivity contribution in [3.63, 3.8) is 0 Å². The first-order valence-corrected chi connectivity index (χ1v) is 6.91. The van der Waals surface area contributed by atoms with Gasteiger partial charge in [0, 0.05) is 11.3 Å². The smallest absolute Gasteiger partial charge is 0.129 e. The van der Waals surface area contributed by atoms with Gasteiger partial charge in [-0.15, -0.1) is 0 Å². The van der Waals surface area contributed by atoms with Gasteiger partial charge in [0.05, 0.1) is 6.04 Å². The van der Waals surface area contributed by atoms with Crippen molar-refractivity contribution in [1.82, 2.24) is 0 Å². The Labute approximate surface area is 118 Å². The number of aliphatic hydroxyl groups is 1. The predicted octanol–water partition coefficient (Wildman–Crippen LogP) is 3.46. The van der Waals surface area contributed by atoms with Crippen molar-refractivity contribution in [3.8, 4) is 0 Å². The molecule has 0 aromatic heterocycles. The predicted molar refractivity (Wildman–Crippen MR) is 78.1 cm³/mol. The molecule has 2 nitrogen and oxygen atoms in total. The van der Waals surface area contributed by atoms with Crippen LogP contribution in [0.25, 0.3) is 0 Å². The Bertz CT molecular complexity index is 624. The van der Waals surface area contributed by atoms with Crippen molar-refractivity contribution < 1.29 is 9.50 Å². The minimum Gasteiger partial charge on any atom is -0.383 e. The first-order chi connectivity index (χ1) is 9.59. The molecule has 2 N–H and O–H groups in total.